The monoisotopic (exact) mass is 639 g/mol. The Morgan fingerprint density at radius 2 is 1.60 bits per heavy atom. The molecule has 3 atom stereocenters. The van der Waals surface area contributed by atoms with Crippen molar-refractivity contribution >= 4 is 30.6 Å². The molecule has 9 heteroatoms. The first-order chi connectivity index (χ1) is 21.7. The standard InChI is InChI=1S/C36H53NO7Si/c1-7-33(43-28-42-27-26-40-5)32-21-14-16-29(23-24-35(39)41-6)37(32)34(38)22-15-25-44-45(36(2,3)4,30-17-10-8-11-18-30)31-19-12-9-13-20-31/h8-13,17-20,23-24,29,32-33H,7,14-16,21-22,25-28H2,1-6H3/b24-23+/t29-,32+,33+/m0/s1. The Morgan fingerprint density at radius 1 is 0.956 bits per heavy atom. The number of amides is 1. The summed E-state index contributed by atoms with van der Waals surface area (Å²) in [6.07, 6.45) is 7.19. The summed E-state index contributed by atoms with van der Waals surface area (Å²) in [6.45, 7) is 10.4. The van der Waals surface area contributed by atoms with E-state index in [0.717, 1.165) is 25.7 Å². The van der Waals surface area contributed by atoms with E-state index < -0.39 is 14.3 Å². The molecule has 0 aromatic heterocycles. The Balaban J connectivity index is 1.80. The third kappa shape index (κ3) is 9.83. The second-order valence-corrected chi connectivity index (χ2v) is 16.8. The van der Waals surface area contributed by atoms with Crippen LogP contribution in [0.2, 0.25) is 5.04 Å². The zero-order chi connectivity index (χ0) is 32.7. The van der Waals surface area contributed by atoms with Gasteiger partial charge < -0.3 is 28.3 Å². The van der Waals surface area contributed by atoms with E-state index in [2.05, 4.69) is 76.2 Å². The SMILES string of the molecule is CC[C@@H](OCOCCOC)[C@H]1CCC[C@@H](/C=C/C(=O)OC)N1C(=O)CCCO[Si](c1ccccc1)(c1ccccc1)C(C)(C)C. The molecule has 45 heavy (non-hydrogen) atoms. The van der Waals surface area contributed by atoms with Crippen LogP contribution in [0.4, 0.5) is 0 Å². The van der Waals surface area contributed by atoms with E-state index in [9.17, 15) is 9.59 Å². The molecule has 2 aromatic rings. The molecular formula is C36H53NO7Si. The summed E-state index contributed by atoms with van der Waals surface area (Å²) in [5.41, 5.74) is 0. The quantitative estimate of drug-likeness (QED) is 0.0770. The van der Waals surface area contributed by atoms with Gasteiger partial charge in [0.1, 0.15) is 6.79 Å². The molecule has 1 aliphatic heterocycles. The van der Waals surface area contributed by atoms with E-state index in [-0.39, 0.29) is 35.9 Å². The van der Waals surface area contributed by atoms with E-state index >= 15 is 0 Å². The highest BCUT2D eigenvalue weighted by Crippen LogP contribution is 2.37. The molecule has 0 saturated carbocycles. The summed E-state index contributed by atoms with van der Waals surface area (Å²) in [5.74, 6) is -0.398. The predicted octanol–water partition coefficient (Wildman–Crippen LogP) is 5.24. The highest BCUT2D eigenvalue weighted by atomic mass is 28.4. The van der Waals surface area contributed by atoms with Crippen molar-refractivity contribution in [1.82, 2.24) is 4.90 Å². The summed E-state index contributed by atoms with van der Waals surface area (Å²) < 4.78 is 28.7. The molecule has 8 nitrogen and oxygen atoms in total. The van der Waals surface area contributed by atoms with Crippen LogP contribution in [-0.2, 0) is 33.0 Å². The normalized spacial score (nSPS) is 18.2. The average Bonchev–Trinajstić information content (AvgIpc) is 3.05. The fourth-order valence-corrected chi connectivity index (χ4v) is 11.0. The molecule has 248 valence electrons. The second-order valence-electron chi connectivity index (χ2n) is 12.5. The lowest BCUT2D eigenvalue weighted by molar-refractivity contribution is -0.152. The lowest BCUT2D eigenvalue weighted by atomic mass is 9.90. The Bertz CT molecular complexity index is 1150. The van der Waals surface area contributed by atoms with Gasteiger partial charge in [-0.15, -0.1) is 0 Å². The minimum Gasteiger partial charge on any atom is -0.466 e. The van der Waals surface area contributed by atoms with Gasteiger partial charge in [-0.05, 0) is 47.5 Å². The van der Waals surface area contributed by atoms with Crippen molar-refractivity contribution in [2.75, 3.05) is 40.8 Å². The molecule has 1 aliphatic rings. The van der Waals surface area contributed by atoms with Crippen molar-refractivity contribution in [2.45, 2.75) is 89.4 Å². The molecule has 3 rings (SSSR count). The summed E-state index contributed by atoms with van der Waals surface area (Å²) in [4.78, 5) is 28.0. The van der Waals surface area contributed by atoms with Crippen molar-refractivity contribution in [3.63, 3.8) is 0 Å². The number of carbonyl (C=O) groups excluding carboxylic acids is 2. The van der Waals surface area contributed by atoms with Gasteiger partial charge in [-0.2, -0.15) is 0 Å². The topological polar surface area (TPSA) is 83.5 Å². The number of methoxy groups -OCH3 is 2. The van der Waals surface area contributed by atoms with Crippen molar-refractivity contribution in [1.29, 1.82) is 0 Å². The highest BCUT2D eigenvalue weighted by molar-refractivity contribution is 6.99. The van der Waals surface area contributed by atoms with Crippen LogP contribution in [0.15, 0.2) is 72.8 Å². The molecule has 1 amide bonds. The van der Waals surface area contributed by atoms with Crippen molar-refractivity contribution in [3.8, 4) is 0 Å². The molecule has 2 aromatic carbocycles. The maximum Gasteiger partial charge on any atom is 0.330 e. The van der Waals surface area contributed by atoms with Gasteiger partial charge in [-0.25, -0.2) is 4.79 Å². The molecular weight excluding hydrogens is 586 g/mol. The average molecular weight is 640 g/mol. The van der Waals surface area contributed by atoms with Gasteiger partial charge in [0.2, 0.25) is 5.91 Å². The predicted molar refractivity (Wildman–Crippen MR) is 180 cm³/mol. The van der Waals surface area contributed by atoms with Crippen LogP contribution < -0.4 is 10.4 Å². The number of hydrogen-bond donors (Lipinski definition) is 0. The van der Waals surface area contributed by atoms with E-state index in [0.29, 0.717) is 32.7 Å². The lowest BCUT2D eigenvalue weighted by Gasteiger charge is -2.44. The molecule has 1 heterocycles. The molecule has 1 fully saturated rings. The van der Waals surface area contributed by atoms with Crippen LogP contribution in [0.1, 0.15) is 66.2 Å². The first kappa shape index (κ1) is 36.6. The fraction of sp³-hybridized carbons (Fsp3) is 0.556. The van der Waals surface area contributed by atoms with Gasteiger partial charge in [0.05, 0.1) is 38.5 Å². The van der Waals surface area contributed by atoms with Crippen molar-refractivity contribution in [2.24, 2.45) is 0 Å². The maximum absolute atomic E-state index is 14.1. The van der Waals surface area contributed by atoms with Gasteiger partial charge in [0.25, 0.3) is 8.32 Å². The molecule has 0 radical (unpaired) electrons. The van der Waals surface area contributed by atoms with E-state index in [4.69, 9.17) is 23.4 Å². The lowest BCUT2D eigenvalue weighted by Crippen LogP contribution is -2.66. The Labute approximate surface area is 271 Å². The molecule has 1 saturated heterocycles. The van der Waals surface area contributed by atoms with Crippen LogP contribution in [0.3, 0.4) is 0 Å². The van der Waals surface area contributed by atoms with Crippen LogP contribution in [-0.4, -0.2) is 84.1 Å². The summed E-state index contributed by atoms with van der Waals surface area (Å²) >= 11 is 0. The van der Waals surface area contributed by atoms with Gasteiger partial charge in [-0.3, -0.25) is 4.79 Å². The number of ether oxygens (including phenoxy) is 4. The van der Waals surface area contributed by atoms with Gasteiger partial charge >= 0.3 is 5.97 Å². The molecule has 0 bridgehead atoms. The zero-order valence-electron chi connectivity index (χ0n) is 28.0. The van der Waals surface area contributed by atoms with Gasteiger partial charge in [-0.1, -0.05) is 94.4 Å². The first-order valence-electron chi connectivity index (χ1n) is 16.2. The third-order valence-corrected chi connectivity index (χ3v) is 13.6. The third-order valence-electron chi connectivity index (χ3n) is 8.56. The molecule has 0 N–H and O–H groups in total. The Hall–Kier alpha value is -2.82. The van der Waals surface area contributed by atoms with Crippen LogP contribution in [0.25, 0.3) is 0 Å². The van der Waals surface area contributed by atoms with E-state index in [1.54, 1.807) is 13.2 Å². The van der Waals surface area contributed by atoms with Crippen LogP contribution >= 0.6 is 0 Å². The number of likely N-dealkylation sites (tertiary alicyclic amines) is 1. The van der Waals surface area contributed by atoms with E-state index in [1.807, 2.05) is 17.0 Å². The van der Waals surface area contributed by atoms with Gasteiger partial charge in [0, 0.05) is 26.2 Å². The Morgan fingerprint density at radius 3 is 2.16 bits per heavy atom. The van der Waals surface area contributed by atoms with E-state index in [1.165, 1.54) is 23.6 Å². The summed E-state index contributed by atoms with van der Waals surface area (Å²) in [5, 5.41) is 2.29. The zero-order valence-corrected chi connectivity index (χ0v) is 29.0. The second kappa shape index (κ2) is 18.4. The Kier molecular flexibility index (Phi) is 14.9. The molecule has 0 unspecified atom stereocenters. The number of nitrogens with zero attached hydrogens (tertiary/aromatic N) is 1. The minimum atomic E-state index is -2.70. The number of benzene rings is 2. The number of hydrogen-bond acceptors (Lipinski definition) is 7. The number of esters is 1. The van der Waals surface area contributed by atoms with Gasteiger partial charge in [0.15, 0.2) is 0 Å². The molecule has 0 spiro atoms. The first-order valence-corrected chi connectivity index (χ1v) is 18.1. The van der Waals surface area contributed by atoms with Crippen LogP contribution in [0.5, 0.6) is 0 Å². The number of rotatable bonds is 17. The minimum absolute atomic E-state index is 0.0348. The summed E-state index contributed by atoms with van der Waals surface area (Å²) in [6, 6.07) is 20.7. The molecule has 0 aliphatic carbocycles. The highest BCUT2D eigenvalue weighted by Gasteiger charge is 2.50. The smallest absolute Gasteiger partial charge is 0.330 e. The van der Waals surface area contributed by atoms with Crippen LogP contribution in [0, 0.1) is 0 Å². The van der Waals surface area contributed by atoms with Crippen molar-refractivity contribution < 1.29 is 33.0 Å². The largest absolute Gasteiger partial charge is 0.466 e. The fourth-order valence-electron chi connectivity index (χ4n) is 6.42. The van der Waals surface area contributed by atoms with Crippen molar-refractivity contribution in [3.05, 3.63) is 72.8 Å². The summed E-state index contributed by atoms with van der Waals surface area (Å²) in [7, 11) is 0.292. The number of carbonyl (C=O) groups is 2. The maximum atomic E-state index is 14.1. The number of piperidine rings is 1.